The van der Waals surface area contributed by atoms with Crippen LogP contribution in [0.25, 0.3) is 16.5 Å². The van der Waals surface area contributed by atoms with Gasteiger partial charge in [-0.3, -0.25) is 4.79 Å². The van der Waals surface area contributed by atoms with Crippen molar-refractivity contribution in [2.75, 3.05) is 5.32 Å². The number of aromatic nitrogens is 3. The minimum Gasteiger partial charge on any atom is -0.361 e. The van der Waals surface area contributed by atoms with Crippen molar-refractivity contribution in [1.29, 1.82) is 0 Å². The zero-order chi connectivity index (χ0) is 22.1. The first kappa shape index (κ1) is 21.2. The van der Waals surface area contributed by atoms with E-state index in [1.807, 2.05) is 26.0 Å². The third-order valence-electron chi connectivity index (χ3n) is 5.89. The zero-order valence-corrected chi connectivity index (χ0v) is 18.0. The third-order valence-corrected chi connectivity index (χ3v) is 5.89. The molecule has 1 aromatic carbocycles. The van der Waals surface area contributed by atoms with Gasteiger partial charge in [0, 0.05) is 24.4 Å². The molecule has 0 aliphatic heterocycles. The van der Waals surface area contributed by atoms with E-state index in [1.165, 1.54) is 0 Å². The lowest BCUT2D eigenvalue weighted by molar-refractivity contribution is 0.149. The summed E-state index contributed by atoms with van der Waals surface area (Å²) in [5.74, 6) is 0.572. The van der Waals surface area contributed by atoms with Crippen LogP contribution in [-0.2, 0) is 13.5 Å². The molecular formula is C24H26F2N4O. The van der Waals surface area contributed by atoms with Gasteiger partial charge in [-0.2, -0.15) is 5.10 Å². The fourth-order valence-corrected chi connectivity index (χ4v) is 4.29. The monoisotopic (exact) mass is 424 g/mol. The van der Waals surface area contributed by atoms with Crippen molar-refractivity contribution in [3.8, 4) is 0 Å². The second kappa shape index (κ2) is 8.57. The van der Waals surface area contributed by atoms with Crippen molar-refractivity contribution in [2.24, 2.45) is 7.05 Å². The number of benzene rings is 1. The van der Waals surface area contributed by atoms with Crippen molar-refractivity contribution >= 4 is 22.3 Å². The zero-order valence-electron chi connectivity index (χ0n) is 18.0. The molecule has 1 N–H and O–H groups in total. The molecular weight excluding hydrogens is 398 g/mol. The summed E-state index contributed by atoms with van der Waals surface area (Å²) in [4.78, 5) is 13.0. The van der Waals surface area contributed by atoms with Crippen molar-refractivity contribution in [2.45, 2.75) is 52.0 Å². The molecule has 5 nitrogen and oxygen atoms in total. The van der Waals surface area contributed by atoms with Gasteiger partial charge in [-0.15, -0.1) is 5.10 Å². The normalized spacial score (nSPS) is 14.8. The molecule has 3 aromatic rings. The average Bonchev–Trinajstić information content (AvgIpc) is 3.26. The number of hydrogen-bond donors (Lipinski definition) is 1. The van der Waals surface area contributed by atoms with Crippen molar-refractivity contribution in [3.63, 3.8) is 0 Å². The van der Waals surface area contributed by atoms with Crippen molar-refractivity contribution in [1.82, 2.24) is 14.8 Å². The van der Waals surface area contributed by atoms with Gasteiger partial charge < -0.3 is 9.88 Å². The van der Waals surface area contributed by atoms with Gasteiger partial charge in [0.25, 0.3) is 5.56 Å². The maximum Gasteiger partial charge on any atom is 0.258 e. The van der Waals surface area contributed by atoms with E-state index in [1.54, 1.807) is 29.8 Å². The highest BCUT2D eigenvalue weighted by Crippen LogP contribution is 2.31. The number of rotatable bonds is 6. The molecule has 0 saturated carbocycles. The predicted octanol–water partition coefficient (Wildman–Crippen LogP) is 5.18. The highest BCUT2D eigenvalue weighted by molar-refractivity contribution is 5.93. The predicted molar refractivity (Wildman–Crippen MR) is 120 cm³/mol. The lowest BCUT2D eigenvalue weighted by Gasteiger charge is -2.19. The quantitative estimate of drug-likeness (QED) is 0.592. The molecule has 1 atom stereocenters. The van der Waals surface area contributed by atoms with E-state index in [0.29, 0.717) is 22.6 Å². The summed E-state index contributed by atoms with van der Waals surface area (Å²) >= 11 is 0. The van der Waals surface area contributed by atoms with Gasteiger partial charge in [0.15, 0.2) is 5.82 Å². The van der Waals surface area contributed by atoms with Crippen LogP contribution >= 0.6 is 0 Å². The van der Waals surface area contributed by atoms with Crippen LogP contribution in [0.3, 0.4) is 0 Å². The first-order chi connectivity index (χ1) is 14.8. The summed E-state index contributed by atoms with van der Waals surface area (Å²) in [5, 5.41) is 12.8. The summed E-state index contributed by atoms with van der Waals surface area (Å²) in [5.41, 5.74) is 4.65. The number of pyridine rings is 1. The van der Waals surface area contributed by atoms with Gasteiger partial charge in [0.1, 0.15) is 0 Å². The summed E-state index contributed by atoms with van der Waals surface area (Å²) in [6.07, 6.45) is 2.43. The SMILES string of the molecule is Cc1nnc(N[C@H](C)c2cccc(CC(F)F)c2)c2cc(C3=CCCC3)c(=O)n(C)c12. The van der Waals surface area contributed by atoms with Crippen LogP contribution in [0, 0.1) is 6.92 Å². The molecule has 162 valence electrons. The molecule has 2 heterocycles. The second-order valence-electron chi connectivity index (χ2n) is 8.15. The van der Waals surface area contributed by atoms with E-state index in [9.17, 15) is 13.6 Å². The maximum absolute atomic E-state index is 13.0. The minimum atomic E-state index is -2.38. The molecule has 1 aliphatic rings. The Morgan fingerprint density at radius 2 is 2.03 bits per heavy atom. The lowest BCUT2D eigenvalue weighted by atomic mass is 10.0. The number of nitrogens with one attached hydrogen (secondary N) is 1. The average molecular weight is 424 g/mol. The number of anilines is 1. The van der Waals surface area contributed by atoms with Gasteiger partial charge >= 0.3 is 0 Å². The summed E-state index contributed by atoms with van der Waals surface area (Å²) in [7, 11) is 1.76. The number of alkyl halides is 2. The third kappa shape index (κ3) is 4.22. The van der Waals surface area contributed by atoms with E-state index in [2.05, 4.69) is 21.6 Å². The van der Waals surface area contributed by atoms with E-state index in [-0.39, 0.29) is 18.0 Å². The molecule has 4 rings (SSSR count). The Hall–Kier alpha value is -3.09. The molecule has 0 amide bonds. The largest absolute Gasteiger partial charge is 0.361 e. The molecule has 0 radical (unpaired) electrons. The molecule has 0 unspecified atom stereocenters. The number of fused-ring (bicyclic) bond motifs is 1. The number of aryl methyl sites for hydroxylation is 2. The van der Waals surface area contributed by atoms with E-state index in [0.717, 1.165) is 41.3 Å². The molecule has 7 heteroatoms. The van der Waals surface area contributed by atoms with E-state index in [4.69, 9.17) is 0 Å². The highest BCUT2D eigenvalue weighted by Gasteiger charge is 2.19. The van der Waals surface area contributed by atoms with Gasteiger partial charge in [-0.25, -0.2) is 8.78 Å². The Balaban J connectivity index is 1.76. The van der Waals surface area contributed by atoms with Crippen LogP contribution in [0.1, 0.15) is 54.6 Å². The van der Waals surface area contributed by atoms with Crippen LogP contribution in [0.5, 0.6) is 0 Å². The highest BCUT2D eigenvalue weighted by atomic mass is 19.3. The van der Waals surface area contributed by atoms with E-state index < -0.39 is 6.43 Å². The lowest BCUT2D eigenvalue weighted by Crippen LogP contribution is -2.22. The van der Waals surface area contributed by atoms with Crippen LogP contribution < -0.4 is 10.9 Å². The number of halogens is 2. The maximum atomic E-state index is 13.0. The minimum absolute atomic E-state index is 0.0320. The van der Waals surface area contributed by atoms with Gasteiger partial charge in [0.05, 0.1) is 17.3 Å². The Bertz CT molecular complexity index is 1220. The molecule has 31 heavy (non-hydrogen) atoms. The second-order valence-corrected chi connectivity index (χ2v) is 8.15. The Morgan fingerprint density at radius 3 is 2.74 bits per heavy atom. The fourth-order valence-electron chi connectivity index (χ4n) is 4.29. The first-order valence-electron chi connectivity index (χ1n) is 10.5. The topological polar surface area (TPSA) is 59.8 Å². The van der Waals surface area contributed by atoms with Crippen LogP contribution in [-0.4, -0.2) is 21.2 Å². The van der Waals surface area contributed by atoms with Gasteiger partial charge in [-0.1, -0.05) is 30.3 Å². The number of nitrogens with zero attached hydrogens (tertiary/aromatic N) is 3. The molecule has 0 fully saturated rings. The fraction of sp³-hybridized carbons (Fsp3) is 0.375. The summed E-state index contributed by atoms with van der Waals surface area (Å²) in [6, 6.07) is 8.93. The van der Waals surface area contributed by atoms with Crippen LogP contribution in [0.4, 0.5) is 14.6 Å². The van der Waals surface area contributed by atoms with Gasteiger partial charge in [-0.05, 0) is 55.9 Å². The van der Waals surface area contributed by atoms with Crippen LogP contribution in [0.2, 0.25) is 0 Å². The smallest absolute Gasteiger partial charge is 0.258 e. The Kier molecular flexibility index (Phi) is 5.85. The van der Waals surface area contributed by atoms with E-state index >= 15 is 0 Å². The Labute approximate surface area is 179 Å². The first-order valence-corrected chi connectivity index (χ1v) is 10.5. The molecule has 0 saturated heterocycles. The summed E-state index contributed by atoms with van der Waals surface area (Å²) < 4.78 is 27.2. The summed E-state index contributed by atoms with van der Waals surface area (Å²) in [6.45, 7) is 3.79. The number of allylic oxidation sites excluding steroid dienone is 2. The molecule has 0 bridgehead atoms. The molecule has 0 spiro atoms. The number of hydrogen-bond acceptors (Lipinski definition) is 4. The van der Waals surface area contributed by atoms with Crippen molar-refractivity contribution < 1.29 is 8.78 Å². The standard InChI is InChI=1S/C24H26F2N4O/c1-14(18-10-6-7-16(11-18)12-21(25)26)27-23-20-13-19(17-8-4-5-9-17)24(31)30(3)22(20)15(2)28-29-23/h6-8,10-11,13-14,21H,4-5,9,12H2,1-3H3,(H,27,29)/t14-/m1/s1. The van der Waals surface area contributed by atoms with Gasteiger partial charge in [0.2, 0.25) is 6.43 Å². The molecule has 1 aliphatic carbocycles. The Morgan fingerprint density at radius 1 is 1.23 bits per heavy atom. The molecule has 2 aromatic heterocycles. The van der Waals surface area contributed by atoms with Crippen molar-refractivity contribution in [3.05, 3.63) is 69.1 Å². The van der Waals surface area contributed by atoms with Crippen LogP contribution in [0.15, 0.2) is 41.2 Å².